The van der Waals surface area contributed by atoms with E-state index in [0.29, 0.717) is 11.3 Å². The number of halogens is 1. The zero-order valence-corrected chi connectivity index (χ0v) is 8.28. The number of nitriles is 1. The third-order valence-electron chi connectivity index (χ3n) is 1.61. The molecule has 2 heteroatoms. The maximum Gasteiger partial charge on any atom is 0.0668 e. The van der Waals surface area contributed by atoms with Gasteiger partial charge in [-0.05, 0) is 18.3 Å². The van der Waals surface area contributed by atoms with Crippen LogP contribution in [-0.2, 0) is 0 Å². The molecule has 0 aliphatic heterocycles. The predicted molar refractivity (Wildman–Crippen MR) is 48.5 cm³/mol. The monoisotopic (exact) mass is 173 g/mol. The molecule has 1 atom stereocenters. The Labute approximate surface area is 74.4 Å². The van der Waals surface area contributed by atoms with Gasteiger partial charge in [0, 0.05) is 5.88 Å². The summed E-state index contributed by atoms with van der Waals surface area (Å²) in [4.78, 5) is 0. The van der Waals surface area contributed by atoms with Crippen LogP contribution in [-0.4, -0.2) is 5.88 Å². The molecular formula is C9H16ClN. The number of nitrogens with zero attached hydrogens (tertiary/aromatic N) is 1. The van der Waals surface area contributed by atoms with E-state index in [9.17, 15) is 0 Å². The van der Waals surface area contributed by atoms with E-state index in [4.69, 9.17) is 16.9 Å². The van der Waals surface area contributed by atoms with Crippen LogP contribution in [0, 0.1) is 22.7 Å². The third-order valence-corrected chi connectivity index (χ3v) is 1.98. The van der Waals surface area contributed by atoms with Crippen molar-refractivity contribution in [3.05, 3.63) is 0 Å². The first-order valence-corrected chi connectivity index (χ1v) is 4.48. The van der Waals surface area contributed by atoms with Gasteiger partial charge in [0.1, 0.15) is 0 Å². The van der Waals surface area contributed by atoms with Crippen molar-refractivity contribution in [1.82, 2.24) is 0 Å². The third kappa shape index (κ3) is 6.19. The molecule has 0 bridgehead atoms. The highest BCUT2D eigenvalue weighted by Crippen LogP contribution is 2.23. The fraction of sp³-hybridized carbons (Fsp3) is 0.889. The van der Waals surface area contributed by atoms with E-state index in [-0.39, 0.29) is 5.92 Å². The molecule has 0 N–H and O–H groups in total. The van der Waals surface area contributed by atoms with Crippen molar-refractivity contribution >= 4 is 11.6 Å². The lowest BCUT2D eigenvalue weighted by Gasteiger charge is -2.18. The Bertz CT molecular complexity index is 141. The average Bonchev–Trinajstić information content (AvgIpc) is 1.88. The molecule has 0 amide bonds. The molecule has 0 fully saturated rings. The van der Waals surface area contributed by atoms with E-state index >= 15 is 0 Å². The van der Waals surface area contributed by atoms with Crippen LogP contribution >= 0.6 is 11.6 Å². The van der Waals surface area contributed by atoms with Crippen LogP contribution in [0.3, 0.4) is 0 Å². The number of alkyl halides is 1. The van der Waals surface area contributed by atoms with Crippen molar-refractivity contribution in [3.8, 4) is 6.07 Å². The Morgan fingerprint density at radius 2 is 2.00 bits per heavy atom. The molecular weight excluding hydrogens is 158 g/mol. The first-order chi connectivity index (χ1) is 4.99. The van der Waals surface area contributed by atoms with Gasteiger partial charge in [0.05, 0.1) is 12.0 Å². The highest BCUT2D eigenvalue weighted by atomic mass is 35.5. The summed E-state index contributed by atoms with van der Waals surface area (Å²) in [6.07, 6.45) is 1.99. The molecule has 0 saturated heterocycles. The molecule has 0 spiro atoms. The summed E-state index contributed by atoms with van der Waals surface area (Å²) in [6.45, 7) is 6.53. The maximum absolute atomic E-state index is 8.59. The van der Waals surface area contributed by atoms with E-state index < -0.39 is 0 Å². The van der Waals surface area contributed by atoms with Crippen LogP contribution in [0.25, 0.3) is 0 Å². The van der Waals surface area contributed by atoms with Crippen molar-refractivity contribution in [2.75, 3.05) is 5.88 Å². The zero-order valence-electron chi connectivity index (χ0n) is 7.52. The second kappa shape index (κ2) is 4.62. The molecule has 0 aromatic carbocycles. The van der Waals surface area contributed by atoms with E-state index in [1.54, 1.807) is 0 Å². The van der Waals surface area contributed by atoms with Gasteiger partial charge in [-0.1, -0.05) is 20.8 Å². The topological polar surface area (TPSA) is 23.8 Å². The van der Waals surface area contributed by atoms with Gasteiger partial charge in [0.15, 0.2) is 0 Å². The first-order valence-electron chi connectivity index (χ1n) is 3.95. The van der Waals surface area contributed by atoms with E-state index in [1.807, 2.05) is 0 Å². The van der Waals surface area contributed by atoms with Crippen LogP contribution < -0.4 is 0 Å². The standard InChI is InChI=1S/C9H16ClN/c1-9(2,3)5-4-8(6-10)7-11/h8H,4-6H2,1-3H3. The minimum atomic E-state index is 0.0379. The Morgan fingerprint density at radius 1 is 1.45 bits per heavy atom. The van der Waals surface area contributed by atoms with Crippen molar-refractivity contribution in [2.45, 2.75) is 33.6 Å². The minimum absolute atomic E-state index is 0.0379. The maximum atomic E-state index is 8.59. The largest absolute Gasteiger partial charge is 0.198 e. The molecule has 0 radical (unpaired) electrons. The summed E-state index contributed by atoms with van der Waals surface area (Å²) in [5, 5.41) is 8.59. The van der Waals surface area contributed by atoms with Gasteiger partial charge in [-0.3, -0.25) is 0 Å². The van der Waals surface area contributed by atoms with Crippen molar-refractivity contribution in [1.29, 1.82) is 5.26 Å². The van der Waals surface area contributed by atoms with Crippen LogP contribution in [0.4, 0.5) is 0 Å². The molecule has 64 valence electrons. The molecule has 0 aliphatic rings. The zero-order chi connectivity index (χ0) is 8.91. The Hall–Kier alpha value is -0.220. The molecule has 0 rings (SSSR count). The summed E-state index contributed by atoms with van der Waals surface area (Å²) >= 11 is 5.57. The summed E-state index contributed by atoms with van der Waals surface area (Å²) in [6, 6.07) is 2.19. The lowest BCUT2D eigenvalue weighted by atomic mass is 9.87. The Kier molecular flexibility index (Phi) is 4.52. The Morgan fingerprint density at radius 3 is 2.27 bits per heavy atom. The van der Waals surface area contributed by atoms with E-state index in [2.05, 4.69) is 26.8 Å². The summed E-state index contributed by atoms with van der Waals surface area (Å²) in [7, 11) is 0. The van der Waals surface area contributed by atoms with Crippen LogP contribution in [0.5, 0.6) is 0 Å². The van der Waals surface area contributed by atoms with Gasteiger partial charge in [0.25, 0.3) is 0 Å². The van der Waals surface area contributed by atoms with Crippen LogP contribution in [0.1, 0.15) is 33.6 Å². The highest BCUT2D eigenvalue weighted by Gasteiger charge is 2.13. The van der Waals surface area contributed by atoms with Gasteiger partial charge in [-0.25, -0.2) is 0 Å². The molecule has 11 heavy (non-hydrogen) atoms. The lowest BCUT2D eigenvalue weighted by Crippen LogP contribution is -2.09. The number of rotatable bonds is 3. The summed E-state index contributed by atoms with van der Waals surface area (Å²) < 4.78 is 0. The van der Waals surface area contributed by atoms with Gasteiger partial charge in [-0.15, -0.1) is 11.6 Å². The average molecular weight is 174 g/mol. The lowest BCUT2D eigenvalue weighted by molar-refractivity contribution is 0.349. The molecule has 0 aromatic heterocycles. The normalized spacial score (nSPS) is 14.1. The minimum Gasteiger partial charge on any atom is -0.198 e. The number of hydrogen-bond donors (Lipinski definition) is 0. The van der Waals surface area contributed by atoms with Gasteiger partial charge >= 0.3 is 0 Å². The molecule has 1 nitrogen and oxygen atoms in total. The molecule has 0 saturated carbocycles. The molecule has 0 heterocycles. The quantitative estimate of drug-likeness (QED) is 0.602. The van der Waals surface area contributed by atoms with Gasteiger partial charge < -0.3 is 0 Å². The van der Waals surface area contributed by atoms with Crippen molar-refractivity contribution in [2.24, 2.45) is 11.3 Å². The second-order valence-corrected chi connectivity index (χ2v) is 4.39. The van der Waals surface area contributed by atoms with Crippen molar-refractivity contribution < 1.29 is 0 Å². The van der Waals surface area contributed by atoms with Gasteiger partial charge in [-0.2, -0.15) is 5.26 Å². The SMILES string of the molecule is CC(C)(C)CCC(C#N)CCl. The number of hydrogen-bond acceptors (Lipinski definition) is 1. The molecule has 1 unspecified atom stereocenters. The van der Waals surface area contributed by atoms with Gasteiger partial charge in [0.2, 0.25) is 0 Å². The first kappa shape index (κ1) is 10.8. The van der Waals surface area contributed by atoms with E-state index in [1.165, 1.54) is 0 Å². The predicted octanol–water partition coefficient (Wildman–Crippen LogP) is 3.19. The fourth-order valence-electron chi connectivity index (χ4n) is 0.783. The van der Waals surface area contributed by atoms with Crippen molar-refractivity contribution in [3.63, 3.8) is 0 Å². The van der Waals surface area contributed by atoms with Crippen LogP contribution in [0.15, 0.2) is 0 Å². The Balaban J connectivity index is 3.62. The fourth-order valence-corrected chi connectivity index (χ4v) is 1.01. The summed E-state index contributed by atoms with van der Waals surface area (Å²) in [5.74, 6) is 0.503. The smallest absolute Gasteiger partial charge is 0.0668 e. The van der Waals surface area contributed by atoms with Crippen LogP contribution in [0.2, 0.25) is 0 Å². The van der Waals surface area contributed by atoms with E-state index in [0.717, 1.165) is 12.8 Å². The summed E-state index contributed by atoms with van der Waals surface area (Å²) in [5.41, 5.74) is 0.321. The highest BCUT2D eigenvalue weighted by molar-refractivity contribution is 6.18. The second-order valence-electron chi connectivity index (χ2n) is 4.08. The molecule has 0 aromatic rings. The molecule has 0 aliphatic carbocycles.